The summed E-state index contributed by atoms with van der Waals surface area (Å²) in [6.07, 6.45) is -5.82. The fraction of sp³-hybridized carbons (Fsp3) is 0.273. The molecular formula is C11H11F3O2. The van der Waals surface area contributed by atoms with Gasteiger partial charge in [-0.1, -0.05) is 30.9 Å². The Kier molecular flexibility index (Phi) is 3.95. The minimum absolute atomic E-state index is 0.00669. The van der Waals surface area contributed by atoms with E-state index in [0.717, 1.165) is 0 Å². The molecule has 0 aromatic heterocycles. The second-order valence-corrected chi connectivity index (χ2v) is 3.08. The predicted molar refractivity (Wildman–Crippen MR) is 53.1 cm³/mol. The van der Waals surface area contributed by atoms with Crippen LogP contribution in [0.4, 0.5) is 13.2 Å². The third kappa shape index (κ3) is 3.00. The zero-order chi connectivity index (χ0) is 12.2. The molecule has 1 unspecified atom stereocenters. The van der Waals surface area contributed by atoms with Crippen molar-refractivity contribution in [2.75, 3.05) is 6.61 Å². The molecule has 0 fully saturated rings. The Morgan fingerprint density at radius 3 is 2.56 bits per heavy atom. The first kappa shape index (κ1) is 12.6. The number of hydrogen-bond donors (Lipinski definition) is 1. The van der Waals surface area contributed by atoms with E-state index in [1.54, 1.807) is 0 Å². The van der Waals surface area contributed by atoms with Crippen molar-refractivity contribution < 1.29 is 23.0 Å². The van der Waals surface area contributed by atoms with Crippen molar-refractivity contribution in [2.24, 2.45) is 0 Å². The molecule has 0 aliphatic rings. The first-order valence-electron chi connectivity index (χ1n) is 4.54. The molecule has 0 radical (unpaired) electrons. The van der Waals surface area contributed by atoms with E-state index in [1.165, 1.54) is 30.3 Å². The van der Waals surface area contributed by atoms with Gasteiger partial charge in [-0.05, 0) is 6.07 Å². The molecule has 16 heavy (non-hydrogen) atoms. The lowest BCUT2D eigenvalue weighted by molar-refractivity contribution is -0.207. The number of hydrogen-bond acceptors (Lipinski definition) is 2. The summed E-state index contributed by atoms with van der Waals surface area (Å²) in [4.78, 5) is 0. The standard InChI is InChI=1S/C11H11F3O2/c1-2-7-16-9-6-4-3-5-8(9)10(15)11(12,13)14/h2-6,10,15H,1,7H2. The summed E-state index contributed by atoms with van der Waals surface area (Å²) < 4.78 is 42.0. The second-order valence-electron chi connectivity index (χ2n) is 3.08. The molecule has 1 rings (SSSR count). The van der Waals surface area contributed by atoms with Gasteiger partial charge < -0.3 is 9.84 Å². The summed E-state index contributed by atoms with van der Waals surface area (Å²) in [5, 5.41) is 9.11. The van der Waals surface area contributed by atoms with E-state index in [2.05, 4.69) is 6.58 Å². The molecule has 0 bridgehead atoms. The normalized spacial score (nSPS) is 13.2. The molecule has 0 aliphatic heterocycles. The van der Waals surface area contributed by atoms with Crippen LogP contribution in [0, 0.1) is 0 Å². The molecule has 0 amide bonds. The number of para-hydroxylation sites is 1. The van der Waals surface area contributed by atoms with Gasteiger partial charge in [0.05, 0.1) is 0 Å². The smallest absolute Gasteiger partial charge is 0.418 e. The van der Waals surface area contributed by atoms with E-state index in [-0.39, 0.29) is 17.9 Å². The Hall–Kier alpha value is -1.49. The van der Waals surface area contributed by atoms with Crippen molar-refractivity contribution in [1.82, 2.24) is 0 Å². The van der Waals surface area contributed by atoms with Crippen LogP contribution in [0.15, 0.2) is 36.9 Å². The van der Waals surface area contributed by atoms with E-state index >= 15 is 0 Å². The van der Waals surface area contributed by atoms with Gasteiger partial charge in [0, 0.05) is 5.56 Å². The van der Waals surface area contributed by atoms with Crippen molar-refractivity contribution in [3.05, 3.63) is 42.5 Å². The summed E-state index contributed by atoms with van der Waals surface area (Å²) in [6, 6.07) is 5.49. The molecule has 1 N–H and O–H groups in total. The van der Waals surface area contributed by atoms with Gasteiger partial charge in [-0.15, -0.1) is 0 Å². The predicted octanol–water partition coefficient (Wildman–Crippen LogP) is 2.85. The number of aliphatic hydroxyl groups is 1. The maximum atomic E-state index is 12.3. The third-order valence-electron chi connectivity index (χ3n) is 1.88. The molecule has 5 heteroatoms. The molecule has 0 spiro atoms. The fourth-order valence-corrected chi connectivity index (χ4v) is 1.16. The molecule has 0 saturated carbocycles. The van der Waals surface area contributed by atoms with Gasteiger partial charge in [-0.2, -0.15) is 13.2 Å². The summed E-state index contributed by atoms with van der Waals surface area (Å²) in [7, 11) is 0. The van der Waals surface area contributed by atoms with Gasteiger partial charge in [-0.3, -0.25) is 0 Å². The van der Waals surface area contributed by atoms with Gasteiger partial charge in [0.15, 0.2) is 6.10 Å². The monoisotopic (exact) mass is 232 g/mol. The lowest BCUT2D eigenvalue weighted by Crippen LogP contribution is -2.20. The molecule has 1 atom stereocenters. The highest BCUT2D eigenvalue weighted by atomic mass is 19.4. The molecular weight excluding hydrogens is 221 g/mol. The van der Waals surface area contributed by atoms with Crippen molar-refractivity contribution >= 4 is 0 Å². The van der Waals surface area contributed by atoms with Crippen LogP contribution in [0.5, 0.6) is 5.75 Å². The minimum Gasteiger partial charge on any atom is -0.489 e. The van der Waals surface area contributed by atoms with E-state index in [1.807, 2.05) is 0 Å². The topological polar surface area (TPSA) is 29.5 Å². The highest BCUT2D eigenvalue weighted by Crippen LogP contribution is 2.36. The van der Waals surface area contributed by atoms with E-state index < -0.39 is 12.3 Å². The lowest BCUT2D eigenvalue weighted by atomic mass is 10.1. The Labute approximate surface area is 91.0 Å². The maximum absolute atomic E-state index is 12.3. The Bertz CT molecular complexity index is 360. The number of aliphatic hydroxyl groups excluding tert-OH is 1. The zero-order valence-corrected chi connectivity index (χ0v) is 8.37. The Morgan fingerprint density at radius 1 is 1.38 bits per heavy atom. The summed E-state index contributed by atoms with van der Waals surface area (Å²) in [6.45, 7) is 3.47. The minimum atomic E-state index is -4.70. The van der Waals surface area contributed by atoms with Crippen molar-refractivity contribution in [3.8, 4) is 5.75 Å². The second kappa shape index (κ2) is 5.03. The Morgan fingerprint density at radius 2 is 2.00 bits per heavy atom. The van der Waals surface area contributed by atoms with Crippen LogP contribution in [-0.4, -0.2) is 17.9 Å². The van der Waals surface area contributed by atoms with Gasteiger partial charge in [0.2, 0.25) is 0 Å². The summed E-state index contributed by atoms with van der Waals surface area (Å²) >= 11 is 0. The third-order valence-corrected chi connectivity index (χ3v) is 1.88. The Balaban J connectivity index is 2.98. The van der Waals surface area contributed by atoms with Gasteiger partial charge >= 0.3 is 6.18 Å². The van der Waals surface area contributed by atoms with E-state index in [9.17, 15) is 13.2 Å². The maximum Gasteiger partial charge on any atom is 0.418 e. The summed E-state index contributed by atoms with van der Waals surface area (Å²) in [5.74, 6) is 0.00669. The first-order valence-corrected chi connectivity index (χ1v) is 4.54. The average Bonchev–Trinajstić information content (AvgIpc) is 2.24. The fourth-order valence-electron chi connectivity index (χ4n) is 1.16. The van der Waals surface area contributed by atoms with Crippen molar-refractivity contribution in [2.45, 2.75) is 12.3 Å². The molecule has 0 heterocycles. The number of benzene rings is 1. The van der Waals surface area contributed by atoms with Crippen LogP contribution < -0.4 is 4.74 Å². The lowest BCUT2D eigenvalue weighted by Gasteiger charge is -2.17. The summed E-state index contributed by atoms with van der Waals surface area (Å²) in [5.41, 5.74) is -0.295. The number of halogens is 3. The van der Waals surface area contributed by atoms with E-state index in [0.29, 0.717) is 0 Å². The zero-order valence-electron chi connectivity index (χ0n) is 8.37. The molecule has 0 aliphatic carbocycles. The van der Waals surface area contributed by atoms with Crippen LogP contribution >= 0.6 is 0 Å². The van der Waals surface area contributed by atoms with Gasteiger partial charge in [-0.25, -0.2) is 0 Å². The first-order chi connectivity index (χ1) is 7.46. The van der Waals surface area contributed by atoms with Gasteiger partial charge in [0.1, 0.15) is 12.4 Å². The SMILES string of the molecule is C=CCOc1ccccc1C(O)C(F)(F)F. The van der Waals surface area contributed by atoms with Crippen molar-refractivity contribution in [3.63, 3.8) is 0 Å². The van der Waals surface area contributed by atoms with Crippen LogP contribution in [0.2, 0.25) is 0 Å². The highest BCUT2D eigenvalue weighted by molar-refractivity contribution is 5.35. The van der Waals surface area contributed by atoms with Crippen LogP contribution in [-0.2, 0) is 0 Å². The van der Waals surface area contributed by atoms with Crippen LogP contribution in [0.25, 0.3) is 0 Å². The van der Waals surface area contributed by atoms with Crippen molar-refractivity contribution in [1.29, 1.82) is 0 Å². The highest BCUT2D eigenvalue weighted by Gasteiger charge is 2.40. The number of rotatable bonds is 4. The quantitative estimate of drug-likeness (QED) is 0.809. The van der Waals surface area contributed by atoms with Gasteiger partial charge in [0.25, 0.3) is 0 Å². The van der Waals surface area contributed by atoms with Crippen LogP contribution in [0.1, 0.15) is 11.7 Å². The number of ether oxygens (including phenoxy) is 1. The molecule has 1 aromatic rings. The largest absolute Gasteiger partial charge is 0.489 e. The molecule has 2 nitrogen and oxygen atoms in total. The average molecular weight is 232 g/mol. The molecule has 88 valence electrons. The molecule has 1 aromatic carbocycles. The van der Waals surface area contributed by atoms with Crippen LogP contribution in [0.3, 0.4) is 0 Å². The number of alkyl halides is 3. The van der Waals surface area contributed by atoms with E-state index in [4.69, 9.17) is 9.84 Å². The molecule has 0 saturated heterocycles.